The van der Waals surface area contributed by atoms with E-state index in [9.17, 15) is 9.59 Å². The van der Waals surface area contributed by atoms with Gasteiger partial charge in [0.05, 0.1) is 6.10 Å². The first-order chi connectivity index (χ1) is 13.5. The van der Waals surface area contributed by atoms with Crippen molar-refractivity contribution in [2.45, 2.75) is 31.9 Å². The van der Waals surface area contributed by atoms with E-state index in [-0.39, 0.29) is 30.4 Å². The Morgan fingerprint density at radius 1 is 1.07 bits per heavy atom. The average molecular weight is 419 g/mol. The molecule has 2 aromatic carbocycles. The molecule has 5 N–H and O–H groups in total. The molecule has 8 heteroatoms. The number of benzene rings is 2. The van der Waals surface area contributed by atoms with Gasteiger partial charge in [0.2, 0.25) is 5.91 Å². The number of hydrogen-bond donors (Lipinski definition) is 4. The molecule has 0 aliphatic carbocycles. The molecule has 3 rings (SSSR count). The molecule has 1 fully saturated rings. The molecule has 1 heterocycles. The number of ether oxygens (including phenoxy) is 1. The zero-order valence-corrected chi connectivity index (χ0v) is 17.1. The van der Waals surface area contributed by atoms with E-state index in [0.29, 0.717) is 17.9 Å². The van der Waals surface area contributed by atoms with Gasteiger partial charge in [-0.1, -0.05) is 29.8 Å². The van der Waals surface area contributed by atoms with Crippen LogP contribution in [0.25, 0.3) is 0 Å². The van der Waals surface area contributed by atoms with Gasteiger partial charge in [-0.25, -0.2) is 4.79 Å². The minimum absolute atomic E-state index is 0. The minimum Gasteiger partial charge on any atom is -0.376 e. The van der Waals surface area contributed by atoms with Crippen molar-refractivity contribution in [3.05, 3.63) is 59.7 Å². The molecule has 3 amide bonds. The van der Waals surface area contributed by atoms with Crippen LogP contribution in [0.1, 0.15) is 30.0 Å². The number of carbonyl (C=O) groups excluding carboxylic acids is 2. The molecule has 1 aliphatic rings. The lowest BCUT2D eigenvalue weighted by molar-refractivity contribution is -0.117. The van der Waals surface area contributed by atoms with Crippen molar-refractivity contribution in [2.24, 2.45) is 5.73 Å². The van der Waals surface area contributed by atoms with Crippen LogP contribution in [0, 0.1) is 6.92 Å². The summed E-state index contributed by atoms with van der Waals surface area (Å²) in [6, 6.07) is 13.4. The summed E-state index contributed by atoms with van der Waals surface area (Å²) in [5.41, 5.74) is 9.13. The van der Waals surface area contributed by atoms with Crippen molar-refractivity contribution in [1.82, 2.24) is 5.32 Å². The SMILES string of the molecule is Cc1ccc(C(N)C(=O)Nc2ccc(NC(=O)NCC3CCCO3)cc2)cc1.Cl. The van der Waals surface area contributed by atoms with Crippen LogP contribution in [-0.2, 0) is 9.53 Å². The molecule has 29 heavy (non-hydrogen) atoms. The summed E-state index contributed by atoms with van der Waals surface area (Å²) in [5.74, 6) is -0.293. The van der Waals surface area contributed by atoms with Crippen molar-refractivity contribution in [1.29, 1.82) is 0 Å². The fraction of sp³-hybridized carbons (Fsp3) is 0.333. The van der Waals surface area contributed by atoms with Gasteiger partial charge in [-0.2, -0.15) is 0 Å². The summed E-state index contributed by atoms with van der Waals surface area (Å²) in [6.45, 7) is 3.24. The molecule has 7 nitrogen and oxygen atoms in total. The molecule has 2 unspecified atom stereocenters. The van der Waals surface area contributed by atoms with Crippen LogP contribution >= 0.6 is 12.4 Å². The lowest BCUT2D eigenvalue weighted by atomic mass is 10.1. The molecule has 0 saturated carbocycles. The van der Waals surface area contributed by atoms with E-state index < -0.39 is 6.04 Å². The van der Waals surface area contributed by atoms with E-state index in [0.717, 1.165) is 30.6 Å². The van der Waals surface area contributed by atoms with Crippen molar-refractivity contribution < 1.29 is 14.3 Å². The zero-order valence-electron chi connectivity index (χ0n) is 16.3. The van der Waals surface area contributed by atoms with Gasteiger partial charge >= 0.3 is 6.03 Å². The molecule has 1 aliphatic heterocycles. The van der Waals surface area contributed by atoms with Crippen LogP contribution in [0.4, 0.5) is 16.2 Å². The summed E-state index contributed by atoms with van der Waals surface area (Å²) in [5, 5.41) is 8.34. The number of anilines is 2. The molecular formula is C21H27ClN4O3. The topological polar surface area (TPSA) is 105 Å². The van der Waals surface area contributed by atoms with E-state index in [4.69, 9.17) is 10.5 Å². The van der Waals surface area contributed by atoms with Gasteiger partial charge in [0.25, 0.3) is 0 Å². The first-order valence-corrected chi connectivity index (χ1v) is 9.41. The number of halogens is 1. The molecule has 0 bridgehead atoms. The number of urea groups is 1. The van der Waals surface area contributed by atoms with Crippen LogP contribution in [-0.4, -0.2) is 31.2 Å². The lowest BCUT2D eigenvalue weighted by Gasteiger charge is -2.14. The molecule has 1 saturated heterocycles. The van der Waals surface area contributed by atoms with Gasteiger partial charge < -0.3 is 26.4 Å². The maximum atomic E-state index is 12.3. The maximum absolute atomic E-state index is 12.3. The average Bonchev–Trinajstić information content (AvgIpc) is 3.21. The molecule has 0 radical (unpaired) electrons. The first-order valence-electron chi connectivity index (χ1n) is 9.41. The van der Waals surface area contributed by atoms with Gasteiger partial charge in [-0.3, -0.25) is 4.79 Å². The van der Waals surface area contributed by atoms with E-state index >= 15 is 0 Å². The highest BCUT2D eigenvalue weighted by Crippen LogP contribution is 2.17. The van der Waals surface area contributed by atoms with Crippen molar-refractivity contribution in [3.63, 3.8) is 0 Å². The number of nitrogens with two attached hydrogens (primary N) is 1. The Morgan fingerprint density at radius 2 is 1.69 bits per heavy atom. The van der Waals surface area contributed by atoms with Gasteiger partial charge in [-0.15, -0.1) is 12.4 Å². The van der Waals surface area contributed by atoms with Gasteiger partial charge in [-0.05, 0) is 49.6 Å². The van der Waals surface area contributed by atoms with Gasteiger partial charge in [0, 0.05) is 24.5 Å². The number of rotatable bonds is 6. The fourth-order valence-electron chi connectivity index (χ4n) is 2.97. The summed E-state index contributed by atoms with van der Waals surface area (Å²) in [7, 11) is 0. The molecular weight excluding hydrogens is 392 g/mol. The quantitative estimate of drug-likeness (QED) is 0.577. The second-order valence-electron chi connectivity index (χ2n) is 6.93. The van der Waals surface area contributed by atoms with Crippen LogP contribution < -0.4 is 21.7 Å². The predicted octanol–water partition coefficient (Wildman–Crippen LogP) is 3.36. The Bertz CT molecular complexity index is 806. The Labute approximate surface area is 176 Å². The number of aryl methyl sites for hydroxylation is 1. The number of nitrogens with one attached hydrogen (secondary N) is 3. The fourth-order valence-corrected chi connectivity index (χ4v) is 2.97. The molecule has 2 atom stereocenters. The second-order valence-corrected chi connectivity index (χ2v) is 6.93. The summed E-state index contributed by atoms with van der Waals surface area (Å²) in [4.78, 5) is 24.3. The Hall–Kier alpha value is -2.61. The molecule has 0 aromatic heterocycles. The third-order valence-electron chi connectivity index (χ3n) is 4.64. The van der Waals surface area contributed by atoms with E-state index in [1.807, 2.05) is 31.2 Å². The number of carbonyl (C=O) groups is 2. The smallest absolute Gasteiger partial charge is 0.319 e. The highest BCUT2D eigenvalue weighted by Gasteiger charge is 2.17. The summed E-state index contributed by atoms with van der Waals surface area (Å²) >= 11 is 0. The van der Waals surface area contributed by atoms with Crippen molar-refractivity contribution >= 4 is 35.7 Å². The van der Waals surface area contributed by atoms with Crippen LogP contribution in [0.2, 0.25) is 0 Å². The third kappa shape index (κ3) is 6.74. The normalized spacial score (nSPS) is 16.4. The third-order valence-corrected chi connectivity index (χ3v) is 4.64. The van der Waals surface area contributed by atoms with Crippen molar-refractivity contribution in [2.75, 3.05) is 23.8 Å². The second kappa shape index (κ2) is 10.8. The van der Waals surface area contributed by atoms with Crippen LogP contribution in [0.3, 0.4) is 0 Å². The summed E-state index contributed by atoms with van der Waals surface area (Å²) < 4.78 is 5.47. The Balaban J connectivity index is 0.00000300. The van der Waals surface area contributed by atoms with E-state index in [1.54, 1.807) is 24.3 Å². The summed E-state index contributed by atoms with van der Waals surface area (Å²) in [6.07, 6.45) is 2.11. The highest BCUT2D eigenvalue weighted by atomic mass is 35.5. The van der Waals surface area contributed by atoms with E-state index in [1.165, 1.54) is 0 Å². The maximum Gasteiger partial charge on any atom is 0.319 e. The first kappa shape index (κ1) is 22.7. The van der Waals surface area contributed by atoms with E-state index in [2.05, 4.69) is 16.0 Å². The largest absolute Gasteiger partial charge is 0.376 e. The van der Waals surface area contributed by atoms with Crippen LogP contribution in [0.5, 0.6) is 0 Å². The molecule has 2 aromatic rings. The minimum atomic E-state index is -0.748. The molecule has 0 spiro atoms. The van der Waals surface area contributed by atoms with Gasteiger partial charge in [0.1, 0.15) is 6.04 Å². The van der Waals surface area contributed by atoms with Gasteiger partial charge in [0.15, 0.2) is 0 Å². The Morgan fingerprint density at radius 3 is 2.28 bits per heavy atom. The number of hydrogen-bond acceptors (Lipinski definition) is 4. The standard InChI is InChI=1S/C21H26N4O3.ClH/c1-14-4-6-15(7-5-14)19(22)20(26)24-16-8-10-17(11-9-16)25-21(27)23-13-18-3-2-12-28-18;/h4-11,18-19H,2-3,12-13,22H2,1H3,(H,24,26)(H2,23,25,27);1H. The highest BCUT2D eigenvalue weighted by molar-refractivity contribution is 5.96. The predicted molar refractivity (Wildman–Crippen MR) is 116 cm³/mol. The zero-order chi connectivity index (χ0) is 19.9. The molecule has 156 valence electrons. The monoisotopic (exact) mass is 418 g/mol. The Kier molecular flexibility index (Phi) is 8.45. The van der Waals surface area contributed by atoms with Crippen LogP contribution in [0.15, 0.2) is 48.5 Å². The lowest BCUT2D eigenvalue weighted by Crippen LogP contribution is -2.35. The number of amides is 3. The van der Waals surface area contributed by atoms with Crippen molar-refractivity contribution in [3.8, 4) is 0 Å².